The van der Waals surface area contributed by atoms with Gasteiger partial charge < -0.3 is 14.4 Å². The van der Waals surface area contributed by atoms with Crippen molar-refractivity contribution in [3.05, 3.63) is 86.4 Å². The van der Waals surface area contributed by atoms with Crippen LogP contribution < -0.4 is 4.80 Å². The van der Waals surface area contributed by atoms with Gasteiger partial charge in [-0.1, -0.05) is 31.2 Å². The summed E-state index contributed by atoms with van der Waals surface area (Å²) in [5.41, 5.74) is 2.63. The van der Waals surface area contributed by atoms with Crippen LogP contribution in [0.5, 0.6) is 0 Å². The van der Waals surface area contributed by atoms with Crippen LogP contribution in [0.15, 0.2) is 53.5 Å². The van der Waals surface area contributed by atoms with Crippen molar-refractivity contribution in [3.63, 3.8) is 0 Å². The molecule has 0 unspecified atom stereocenters. The molecule has 3 aromatic rings. The van der Waals surface area contributed by atoms with Gasteiger partial charge in [0.25, 0.3) is 11.8 Å². The maximum atomic E-state index is 14.0. The van der Waals surface area contributed by atoms with Gasteiger partial charge in [-0.2, -0.15) is 4.99 Å². The highest BCUT2D eigenvalue weighted by Crippen LogP contribution is 2.15. The average Bonchev–Trinajstić information content (AvgIpc) is 3.11. The quantitative estimate of drug-likeness (QED) is 0.557. The predicted molar refractivity (Wildman–Crippen MR) is 132 cm³/mol. The number of aryl methyl sites for hydroxylation is 1. The van der Waals surface area contributed by atoms with Gasteiger partial charge in [-0.3, -0.25) is 9.59 Å². The molecular formula is C26H29FN4O2S. The summed E-state index contributed by atoms with van der Waals surface area (Å²) >= 11 is 1.41. The first-order valence-corrected chi connectivity index (χ1v) is 12.3. The smallest absolute Gasteiger partial charge is 0.282 e. The molecule has 2 amide bonds. The van der Waals surface area contributed by atoms with Crippen LogP contribution in [0.4, 0.5) is 4.39 Å². The number of carbonyl (C=O) groups excluding carboxylic acids is 2. The van der Waals surface area contributed by atoms with Gasteiger partial charge in [0.15, 0.2) is 4.80 Å². The average molecular weight is 481 g/mol. The van der Waals surface area contributed by atoms with Crippen LogP contribution in [0, 0.1) is 19.7 Å². The van der Waals surface area contributed by atoms with Crippen LogP contribution in [0.1, 0.15) is 43.8 Å². The number of likely N-dealkylation sites (N-methyl/N-ethyl adjacent to an activating group) is 1. The maximum Gasteiger partial charge on any atom is 0.282 e. The first kappa shape index (κ1) is 24.0. The molecular weight excluding hydrogens is 451 g/mol. The van der Waals surface area contributed by atoms with E-state index in [4.69, 9.17) is 0 Å². The topological polar surface area (TPSA) is 57.9 Å². The van der Waals surface area contributed by atoms with Crippen molar-refractivity contribution in [3.8, 4) is 0 Å². The van der Waals surface area contributed by atoms with Crippen LogP contribution in [0.25, 0.3) is 0 Å². The first-order chi connectivity index (χ1) is 16.4. The molecule has 1 aliphatic rings. The highest BCUT2D eigenvalue weighted by molar-refractivity contribution is 7.09. The van der Waals surface area contributed by atoms with Gasteiger partial charge in [-0.15, -0.1) is 11.3 Å². The number of benzene rings is 2. The molecule has 0 N–H and O–H groups in total. The number of carbonyl (C=O) groups is 2. The molecule has 1 aliphatic heterocycles. The minimum atomic E-state index is -0.600. The first-order valence-electron chi connectivity index (χ1n) is 11.5. The molecule has 34 heavy (non-hydrogen) atoms. The van der Waals surface area contributed by atoms with Crippen molar-refractivity contribution in [1.82, 2.24) is 14.4 Å². The summed E-state index contributed by atoms with van der Waals surface area (Å²) in [4.78, 5) is 35.5. The second kappa shape index (κ2) is 10.4. The van der Waals surface area contributed by atoms with Crippen molar-refractivity contribution in [1.29, 1.82) is 0 Å². The fraction of sp³-hybridized carbons (Fsp3) is 0.346. The third-order valence-corrected chi connectivity index (χ3v) is 7.44. The van der Waals surface area contributed by atoms with E-state index in [2.05, 4.69) is 16.8 Å². The van der Waals surface area contributed by atoms with Crippen molar-refractivity contribution in [2.75, 3.05) is 32.7 Å². The molecule has 0 spiro atoms. The van der Waals surface area contributed by atoms with Gasteiger partial charge in [0, 0.05) is 42.3 Å². The van der Waals surface area contributed by atoms with E-state index in [1.807, 2.05) is 47.6 Å². The van der Waals surface area contributed by atoms with Crippen molar-refractivity contribution in [2.45, 2.75) is 27.3 Å². The summed E-state index contributed by atoms with van der Waals surface area (Å²) in [5, 5.41) is 0. The largest absolute Gasteiger partial charge is 0.336 e. The number of hydrogen-bond acceptors (Lipinski definition) is 4. The maximum absolute atomic E-state index is 14.0. The lowest BCUT2D eigenvalue weighted by atomic mass is 10.1. The zero-order chi connectivity index (χ0) is 24.2. The van der Waals surface area contributed by atoms with Gasteiger partial charge in [-0.25, -0.2) is 4.39 Å². The minimum Gasteiger partial charge on any atom is -0.336 e. The van der Waals surface area contributed by atoms with Gasteiger partial charge in [0.2, 0.25) is 0 Å². The molecule has 1 fully saturated rings. The van der Waals surface area contributed by atoms with E-state index < -0.39 is 11.7 Å². The van der Waals surface area contributed by atoms with E-state index in [1.54, 1.807) is 12.1 Å². The SMILES string of the molecule is CCN1CCN(C(=O)c2ccc(Cn3c(C)c(C)sc3=NC(=O)c3ccccc3F)cc2)CC1. The highest BCUT2D eigenvalue weighted by Gasteiger charge is 2.21. The number of rotatable bonds is 5. The van der Waals surface area contributed by atoms with Crippen molar-refractivity contribution in [2.24, 2.45) is 4.99 Å². The number of aromatic nitrogens is 1. The number of hydrogen-bond donors (Lipinski definition) is 0. The molecule has 6 nitrogen and oxygen atoms in total. The summed E-state index contributed by atoms with van der Waals surface area (Å²) in [5.74, 6) is -1.12. The molecule has 0 bridgehead atoms. The summed E-state index contributed by atoms with van der Waals surface area (Å²) in [6, 6.07) is 13.5. The molecule has 178 valence electrons. The van der Waals surface area contributed by atoms with E-state index in [-0.39, 0.29) is 11.5 Å². The Morgan fingerprint density at radius 1 is 1.00 bits per heavy atom. The number of thiazole rings is 1. The third kappa shape index (κ3) is 5.18. The zero-order valence-electron chi connectivity index (χ0n) is 19.8. The Hall–Kier alpha value is -3.10. The van der Waals surface area contributed by atoms with Gasteiger partial charge in [0.05, 0.1) is 12.1 Å². The summed E-state index contributed by atoms with van der Waals surface area (Å²) < 4.78 is 16.0. The molecule has 0 atom stereocenters. The normalized spacial score (nSPS) is 15.1. The van der Waals surface area contributed by atoms with E-state index in [9.17, 15) is 14.0 Å². The second-order valence-corrected chi connectivity index (χ2v) is 9.61. The van der Waals surface area contributed by atoms with E-state index in [0.29, 0.717) is 16.9 Å². The standard InChI is InChI=1S/C26H29FN4O2S/c1-4-29-13-15-30(16-14-29)25(33)21-11-9-20(10-12-21)17-31-18(2)19(3)34-26(31)28-24(32)22-7-5-6-8-23(22)27/h5-12H,4,13-17H2,1-3H3. The molecule has 0 saturated carbocycles. The Kier molecular flexibility index (Phi) is 7.38. The van der Waals surface area contributed by atoms with Crippen LogP contribution in [-0.4, -0.2) is 58.9 Å². The number of nitrogens with zero attached hydrogens (tertiary/aromatic N) is 4. The van der Waals surface area contributed by atoms with Gasteiger partial charge in [0.1, 0.15) is 5.82 Å². The molecule has 2 aromatic carbocycles. The van der Waals surface area contributed by atoms with Crippen molar-refractivity contribution < 1.29 is 14.0 Å². The third-order valence-electron chi connectivity index (χ3n) is 6.34. The Morgan fingerprint density at radius 3 is 2.32 bits per heavy atom. The van der Waals surface area contributed by atoms with Gasteiger partial charge >= 0.3 is 0 Å². The fourth-order valence-electron chi connectivity index (χ4n) is 4.04. The Labute approximate surface area is 203 Å². The monoisotopic (exact) mass is 480 g/mol. The number of amides is 2. The Bertz CT molecular complexity index is 1250. The molecule has 4 rings (SSSR count). The molecule has 1 aromatic heterocycles. The Balaban J connectivity index is 1.53. The Morgan fingerprint density at radius 2 is 1.68 bits per heavy atom. The number of halogens is 1. The van der Waals surface area contributed by atoms with E-state index >= 15 is 0 Å². The lowest BCUT2D eigenvalue weighted by molar-refractivity contribution is 0.0643. The highest BCUT2D eigenvalue weighted by atomic mass is 32.1. The lowest BCUT2D eigenvalue weighted by Gasteiger charge is -2.34. The molecule has 0 radical (unpaired) electrons. The van der Waals surface area contributed by atoms with E-state index in [0.717, 1.165) is 48.9 Å². The van der Waals surface area contributed by atoms with Crippen LogP contribution in [0.3, 0.4) is 0 Å². The van der Waals surface area contributed by atoms with Crippen LogP contribution >= 0.6 is 11.3 Å². The zero-order valence-corrected chi connectivity index (χ0v) is 20.6. The summed E-state index contributed by atoms with van der Waals surface area (Å²) in [6.45, 7) is 10.9. The fourth-order valence-corrected chi connectivity index (χ4v) is 5.01. The molecule has 1 saturated heterocycles. The van der Waals surface area contributed by atoms with Crippen LogP contribution in [-0.2, 0) is 6.54 Å². The van der Waals surface area contributed by atoms with Crippen LogP contribution in [0.2, 0.25) is 0 Å². The number of piperazine rings is 1. The molecule has 0 aliphatic carbocycles. The van der Waals surface area contributed by atoms with Gasteiger partial charge in [-0.05, 0) is 50.2 Å². The molecule has 2 heterocycles. The van der Waals surface area contributed by atoms with E-state index in [1.165, 1.54) is 23.5 Å². The summed E-state index contributed by atoms with van der Waals surface area (Å²) in [7, 11) is 0. The summed E-state index contributed by atoms with van der Waals surface area (Å²) in [6.07, 6.45) is 0. The predicted octanol–water partition coefficient (Wildman–Crippen LogP) is 3.87. The minimum absolute atomic E-state index is 0.0413. The molecule has 8 heteroatoms. The lowest BCUT2D eigenvalue weighted by Crippen LogP contribution is -2.48. The van der Waals surface area contributed by atoms with Crippen molar-refractivity contribution >= 4 is 23.2 Å². The second-order valence-electron chi connectivity index (χ2n) is 8.43.